The van der Waals surface area contributed by atoms with Gasteiger partial charge in [0.05, 0.1) is 38.3 Å². The van der Waals surface area contributed by atoms with E-state index in [0.29, 0.717) is 13.1 Å². The fraction of sp³-hybridized carbons (Fsp3) is 0.368. The Balaban J connectivity index is 2.11. The molecule has 0 bridgehead atoms. The van der Waals surface area contributed by atoms with Crippen molar-refractivity contribution in [3.05, 3.63) is 54.0 Å². The number of likely N-dealkylation sites (N-methyl/N-ethyl adjacent to an activating group) is 1. The first kappa shape index (κ1) is 21.6. The van der Waals surface area contributed by atoms with Gasteiger partial charge in [-0.25, -0.2) is 8.42 Å². The quantitative estimate of drug-likeness (QED) is 0.509. The molecule has 8 nitrogen and oxygen atoms in total. The summed E-state index contributed by atoms with van der Waals surface area (Å²) < 4.78 is 31.4. The van der Waals surface area contributed by atoms with E-state index in [9.17, 15) is 18.0 Å². The minimum Gasteiger partial charge on any atom is -0.468 e. The maximum atomic E-state index is 13.1. The number of hydrogen-bond donors (Lipinski definition) is 3. The number of aryl methyl sites for hydroxylation is 1. The van der Waals surface area contributed by atoms with E-state index in [4.69, 9.17) is 4.42 Å². The van der Waals surface area contributed by atoms with Crippen LogP contribution in [0.4, 0.5) is 0 Å². The summed E-state index contributed by atoms with van der Waals surface area (Å²) >= 11 is 0. The van der Waals surface area contributed by atoms with Crippen LogP contribution < -0.4 is 15.5 Å². The van der Waals surface area contributed by atoms with E-state index in [0.717, 1.165) is 10.5 Å². The first-order valence-electron chi connectivity index (χ1n) is 8.91. The number of sulfone groups is 1. The van der Waals surface area contributed by atoms with Crippen molar-refractivity contribution in [2.24, 2.45) is 0 Å². The van der Waals surface area contributed by atoms with Crippen molar-refractivity contribution >= 4 is 21.7 Å². The van der Waals surface area contributed by atoms with Crippen LogP contribution in [0.1, 0.15) is 16.6 Å². The van der Waals surface area contributed by atoms with Gasteiger partial charge in [0.2, 0.25) is 0 Å². The summed E-state index contributed by atoms with van der Waals surface area (Å²) in [5, 5.41) is 3.76. The highest BCUT2D eigenvalue weighted by Gasteiger charge is 2.32. The third-order valence-corrected chi connectivity index (χ3v) is 6.23. The molecule has 1 heterocycles. The van der Waals surface area contributed by atoms with Crippen molar-refractivity contribution < 1.29 is 27.3 Å². The lowest BCUT2D eigenvalue weighted by molar-refractivity contribution is -0.856. The van der Waals surface area contributed by atoms with Crippen LogP contribution >= 0.6 is 0 Å². The Morgan fingerprint density at radius 2 is 1.71 bits per heavy atom. The van der Waals surface area contributed by atoms with Crippen LogP contribution in [0.15, 0.2) is 52.0 Å². The first-order chi connectivity index (χ1) is 13.2. The Kier molecular flexibility index (Phi) is 7.36. The zero-order valence-corrected chi connectivity index (χ0v) is 17.0. The van der Waals surface area contributed by atoms with Gasteiger partial charge in [-0.2, -0.15) is 0 Å². The van der Waals surface area contributed by atoms with Crippen LogP contribution in [0.2, 0.25) is 0 Å². The van der Waals surface area contributed by atoms with E-state index < -0.39 is 26.9 Å². The Bertz CT molecular complexity index is 890. The Morgan fingerprint density at radius 1 is 1.07 bits per heavy atom. The summed E-state index contributed by atoms with van der Waals surface area (Å²) in [6.45, 7) is 2.58. The third kappa shape index (κ3) is 5.67. The van der Waals surface area contributed by atoms with Gasteiger partial charge in [0, 0.05) is 6.54 Å². The molecule has 3 N–H and O–H groups in total. The molecule has 28 heavy (non-hydrogen) atoms. The topological polar surface area (TPSA) is 110 Å². The summed E-state index contributed by atoms with van der Waals surface area (Å²) in [6.07, 6.45) is 1.37. The Hall–Kier alpha value is -2.65. The molecule has 0 aliphatic heterocycles. The number of nitrogens with one attached hydrogen (secondary N) is 3. The van der Waals surface area contributed by atoms with E-state index in [1.165, 1.54) is 24.5 Å². The molecule has 2 amide bonds. The Morgan fingerprint density at radius 3 is 2.29 bits per heavy atom. The lowest BCUT2D eigenvalue weighted by Gasteiger charge is -2.17. The van der Waals surface area contributed by atoms with Crippen LogP contribution in [0.25, 0.3) is 0 Å². The predicted molar refractivity (Wildman–Crippen MR) is 104 cm³/mol. The molecule has 0 aliphatic carbocycles. The van der Waals surface area contributed by atoms with Gasteiger partial charge in [0.15, 0.2) is 9.84 Å². The highest BCUT2D eigenvalue weighted by molar-refractivity contribution is 7.91. The number of quaternary nitrogens is 1. The number of amides is 2. The van der Waals surface area contributed by atoms with E-state index >= 15 is 0 Å². The van der Waals surface area contributed by atoms with Crippen molar-refractivity contribution in [1.82, 2.24) is 10.6 Å². The van der Waals surface area contributed by atoms with Gasteiger partial charge >= 0.3 is 11.8 Å². The average molecular weight is 409 g/mol. The zero-order valence-electron chi connectivity index (χ0n) is 16.2. The molecule has 2 rings (SSSR count). The maximum Gasteiger partial charge on any atom is 0.309 e. The molecule has 1 atom stereocenters. The molecule has 1 aromatic heterocycles. The third-order valence-electron chi connectivity index (χ3n) is 4.15. The molecular weight excluding hydrogens is 382 g/mol. The SMILES string of the molecule is Cc1ccc(S(=O)(=O)[C@H](CNC(=O)C(=O)NCC[NH+](C)C)c2ccco2)cc1. The molecule has 0 saturated carbocycles. The zero-order chi connectivity index (χ0) is 20.7. The monoisotopic (exact) mass is 408 g/mol. The van der Waals surface area contributed by atoms with Crippen molar-refractivity contribution in [3.63, 3.8) is 0 Å². The highest BCUT2D eigenvalue weighted by atomic mass is 32.2. The van der Waals surface area contributed by atoms with Crippen molar-refractivity contribution in [3.8, 4) is 0 Å². The standard InChI is InChI=1S/C19H25N3O5S/c1-14-6-8-15(9-7-14)28(25,26)17(16-5-4-12-27-16)13-21-19(24)18(23)20-10-11-22(2)3/h4-9,12,17H,10-11,13H2,1-3H3,(H,20,23)(H,21,24)/p+1/t17-/m1/s1. The predicted octanol–water partition coefficient (Wildman–Crippen LogP) is -0.520. The van der Waals surface area contributed by atoms with Gasteiger partial charge in [0.25, 0.3) is 0 Å². The molecule has 0 radical (unpaired) electrons. The number of rotatable bonds is 8. The number of benzene rings is 1. The number of carbonyl (C=O) groups excluding carboxylic acids is 2. The minimum atomic E-state index is -3.83. The molecule has 2 aromatic rings. The molecule has 0 fully saturated rings. The molecule has 0 spiro atoms. The molecule has 9 heteroatoms. The van der Waals surface area contributed by atoms with Gasteiger partial charge < -0.3 is 20.0 Å². The van der Waals surface area contributed by atoms with E-state index in [-0.39, 0.29) is 17.2 Å². The number of furan rings is 1. The van der Waals surface area contributed by atoms with Gasteiger partial charge in [-0.3, -0.25) is 9.59 Å². The van der Waals surface area contributed by atoms with Crippen LogP contribution in [0.5, 0.6) is 0 Å². The van der Waals surface area contributed by atoms with Gasteiger partial charge in [-0.1, -0.05) is 17.7 Å². The summed E-state index contributed by atoms with van der Waals surface area (Å²) in [7, 11) is 0.0196. The second kappa shape index (κ2) is 9.52. The first-order valence-corrected chi connectivity index (χ1v) is 10.5. The highest BCUT2D eigenvalue weighted by Crippen LogP contribution is 2.29. The summed E-state index contributed by atoms with van der Waals surface area (Å²) in [6, 6.07) is 9.53. The molecule has 0 saturated heterocycles. The smallest absolute Gasteiger partial charge is 0.309 e. The number of carbonyl (C=O) groups is 2. The van der Waals surface area contributed by atoms with Crippen LogP contribution in [-0.2, 0) is 19.4 Å². The van der Waals surface area contributed by atoms with Gasteiger partial charge in [-0.05, 0) is 31.2 Å². The van der Waals surface area contributed by atoms with Crippen molar-refractivity contribution in [2.45, 2.75) is 17.1 Å². The van der Waals surface area contributed by atoms with E-state index in [2.05, 4.69) is 10.6 Å². The normalized spacial score (nSPS) is 12.6. The second-order valence-corrected chi connectivity index (χ2v) is 8.92. The molecular formula is C19H26N3O5S+. The lowest BCUT2D eigenvalue weighted by Crippen LogP contribution is -3.06. The van der Waals surface area contributed by atoms with E-state index in [1.807, 2.05) is 21.0 Å². The van der Waals surface area contributed by atoms with E-state index in [1.54, 1.807) is 18.2 Å². The van der Waals surface area contributed by atoms with Crippen LogP contribution in [0, 0.1) is 6.92 Å². The number of hydrogen-bond acceptors (Lipinski definition) is 5. The lowest BCUT2D eigenvalue weighted by atomic mass is 10.2. The van der Waals surface area contributed by atoms with Crippen molar-refractivity contribution in [2.75, 3.05) is 33.7 Å². The summed E-state index contributed by atoms with van der Waals surface area (Å²) in [5.74, 6) is -1.49. The largest absolute Gasteiger partial charge is 0.468 e. The molecule has 0 aliphatic rings. The average Bonchev–Trinajstić information content (AvgIpc) is 3.15. The van der Waals surface area contributed by atoms with Crippen LogP contribution in [-0.4, -0.2) is 54.0 Å². The molecule has 152 valence electrons. The Labute approximate surface area is 164 Å². The summed E-state index contributed by atoms with van der Waals surface area (Å²) in [5.41, 5.74) is 0.929. The summed E-state index contributed by atoms with van der Waals surface area (Å²) in [4.78, 5) is 25.2. The van der Waals surface area contributed by atoms with Crippen molar-refractivity contribution in [1.29, 1.82) is 0 Å². The van der Waals surface area contributed by atoms with Crippen LogP contribution in [0.3, 0.4) is 0 Å². The van der Waals surface area contributed by atoms with Gasteiger partial charge in [-0.15, -0.1) is 0 Å². The molecule has 1 aromatic carbocycles. The minimum absolute atomic E-state index is 0.118. The fourth-order valence-corrected chi connectivity index (χ4v) is 4.09. The maximum absolute atomic E-state index is 13.1. The molecule has 0 unspecified atom stereocenters. The fourth-order valence-electron chi connectivity index (χ4n) is 2.50. The second-order valence-electron chi connectivity index (χ2n) is 6.79. The van der Waals surface area contributed by atoms with Gasteiger partial charge in [0.1, 0.15) is 11.0 Å².